The normalized spacial score (nSPS) is 23.5. The number of ether oxygens (including phenoxy) is 1. The maximum absolute atomic E-state index is 5.70. The van der Waals surface area contributed by atoms with Crippen molar-refractivity contribution in [2.24, 2.45) is 5.73 Å². The minimum absolute atomic E-state index is 0.731. The number of nitrogens with two attached hydrogens (primary N) is 1. The molecule has 0 unspecified atom stereocenters. The van der Waals surface area contributed by atoms with E-state index in [1.807, 2.05) is 0 Å². The molecule has 1 aromatic carbocycles. The maximum Gasteiger partial charge on any atom is 0.0594 e. The second-order valence-electron chi connectivity index (χ2n) is 7.22. The van der Waals surface area contributed by atoms with Crippen LogP contribution in [0.2, 0.25) is 0 Å². The number of likely N-dealkylation sites (tertiary alicyclic amines) is 1. The molecule has 2 N–H and O–H groups in total. The molecule has 2 aliphatic heterocycles. The first kappa shape index (κ1) is 17.9. The Morgan fingerprint density at radius 1 is 1.08 bits per heavy atom. The van der Waals surface area contributed by atoms with Crippen molar-refractivity contribution in [1.82, 2.24) is 9.80 Å². The van der Waals surface area contributed by atoms with Gasteiger partial charge in [0.05, 0.1) is 13.2 Å². The van der Waals surface area contributed by atoms with E-state index in [1.165, 1.54) is 49.9 Å². The van der Waals surface area contributed by atoms with Gasteiger partial charge >= 0.3 is 0 Å². The van der Waals surface area contributed by atoms with Crippen LogP contribution >= 0.6 is 0 Å². The molecule has 2 saturated heterocycles. The summed E-state index contributed by atoms with van der Waals surface area (Å²) in [7, 11) is 0. The molecule has 0 saturated carbocycles. The third kappa shape index (κ3) is 5.28. The number of piperidine rings is 1. The summed E-state index contributed by atoms with van der Waals surface area (Å²) in [6.07, 6.45) is 6.36. The zero-order valence-corrected chi connectivity index (χ0v) is 15.0. The molecule has 4 heteroatoms. The highest BCUT2D eigenvalue weighted by Crippen LogP contribution is 2.23. The fraction of sp³-hybridized carbons (Fsp3) is 0.700. The first-order valence-corrected chi connectivity index (χ1v) is 9.67. The Kier molecular flexibility index (Phi) is 7.09. The molecule has 0 bridgehead atoms. The van der Waals surface area contributed by atoms with Gasteiger partial charge in [-0.1, -0.05) is 30.7 Å². The molecule has 1 aromatic rings. The molecule has 4 nitrogen and oxygen atoms in total. The number of morpholine rings is 1. The van der Waals surface area contributed by atoms with Gasteiger partial charge in [-0.05, 0) is 56.4 Å². The molecule has 0 spiro atoms. The van der Waals surface area contributed by atoms with E-state index in [0.717, 1.165) is 51.9 Å². The van der Waals surface area contributed by atoms with Gasteiger partial charge in [-0.25, -0.2) is 0 Å². The average molecular weight is 332 g/mol. The van der Waals surface area contributed by atoms with Gasteiger partial charge in [0.1, 0.15) is 0 Å². The number of nitrogens with zero attached hydrogens (tertiary/aromatic N) is 2. The molecule has 24 heavy (non-hydrogen) atoms. The molecule has 0 aromatic heterocycles. The van der Waals surface area contributed by atoms with E-state index >= 15 is 0 Å². The van der Waals surface area contributed by atoms with E-state index in [0.29, 0.717) is 0 Å². The molecular weight excluding hydrogens is 298 g/mol. The number of rotatable bonds is 7. The van der Waals surface area contributed by atoms with Crippen LogP contribution in [0, 0.1) is 0 Å². The second kappa shape index (κ2) is 9.52. The molecule has 3 rings (SSSR count). The van der Waals surface area contributed by atoms with Crippen LogP contribution in [0.5, 0.6) is 0 Å². The van der Waals surface area contributed by atoms with Gasteiger partial charge in [-0.15, -0.1) is 0 Å². The lowest BCUT2D eigenvalue weighted by molar-refractivity contribution is 0.0302. The predicted octanol–water partition coefficient (Wildman–Crippen LogP) is 2.26. The molecule has 1 atom stereocenters. The Morgan fingerprint density at radius 3 is 2.75 bits per heavy atom. The van der Waals surface area contributed by atoms with Gasteiger partial charge < -0.3 is 10.5 Å². The summed E-state index contributed by atoms with van der Waals surface area (Å²) < 4.78 is 5.46. The third-order valence-electron chi connectivity index (χ3n) is 5.44. The van der Waals surface area contributed by atoms with Crippen LogP contribution in [0.1, 0.15) is 36.8 Å². The maximum atomic E-state index is 5.70. The quantitative estimate of drug-likeness (QED) is 0.832. The topological polar surface area (TPSA) is 41.7 Å². The zero-order chi connectivity index (χ0) is 16.6. The Balaban J connectivity index is 1.54. The molecule has 134 valence electrons. The Morgan fingerprint density at radius 2 is 1.92 bits per heavy atom. The summed E-state index contributed by atoms with van der Waals surface area (Å²) in [4.78, 5) is 5.28. The van der Waals surface area contributed by atoms with Crippen molar-refractivity contribution in [2.45, 2.75) is 44.7 Å². The third-order valence-corrected chi connectivity index (χ3v) is 5.44. The van der Waals surface area contributed by atoms with Gasteiger partial charge in [0, 0.05) is 25.7 Å². The van der Waals surface area contributed by atoms with E-state index in [-0.39, 0.29) is 0 Å². The summed E-state index contributed by atoms with van der Waals surface area (Å²) in [5, 5.41) is 0. The van der Waals surface area contributed by atoms with E-state index in [2.05, 4.69) is 34.1 Å². The highest BCUT2D eigenvalue weighted by molar-refractivity contribution is 5.23. The SMILES string of the molecule is NCCc1cccc(CN2CCCC[C@@H]2CCN2CCOCC2)c1. The molecule has 2 fully saturated rings. The molecule has 2 heterocycles. The summed E-state index contributed by atoms with van der Waals surface area (Å²) in [5.74, 6) is 0. The first-order chi connectivity index (χ1) is 11.8. The highest BCUT2D eigenvalue weighted by atomic mass is 16.5. The van der Waals surface area contributed by atoms with E-state index in [1.54, 1.807) is 0 Å². The van der Waals surface area contributed by atoms with E-state index in [9.17, 15) is 0 Å². The predicted molar refractivity (Wildman–Crippen MR) is 99.1 cm³/mol. The van der Waals surface area contributed by atoms with Gasteiger partial charge in [-0.3, -0.25) is 9.80 Å². The molecule has 0 radical (unpaired) electrons. The first-order valence-electron chi connectivity index (χ1n) is 9.67. The van der Waals surface area contributed by atoms with Gasteiger partial charge in [-0.2, -0.15) is 0 Å². The number of benzene rings is 1. The fourth-order valence-corrected chi connectivity index (χ4v) is 4.04. The Bertz CT molecular complexity index is 488. The van der Waals surface area contributed by atoms with Crippen LogP contribution in [0.15, 0.2) is 24.3 Å². The minimum Gasteiger partial charge on any atom is -0.379 e. The monoisotopic (exact) mass is 331 g/mol. The summed E-state index contributed by atoms with van der Waals surface area (Å²) in [6, 6.07) is 9.74. The average Bonchev–Trinajstić information content (AvgIpc) is 2.62. The van der Waals surface area contributed by atoms with E-state index < -0.39 is 0 Å². The van der Waals surface area contributed by atoms with Crippen molar-refractivity contribution in [3.8, 4) is 0 Å². The molecular formula is C20H33N3O. The van der Waals surface area contributed by atoms with E-state index in [4.69, 9.17) is 10.5 Å². The number of hydrogen-bond acceptors (Lipinski definition) is 4. The second-order valence-corrected chi connectivity index (χ2v) is 7.22. The largest absolute Gasteiger partial charge is 0.379 e. The van der Waals surface area contributed by atoms with Crippen molar-refractivity contribution >= 4 is 0 Å². The minimum atomic E-state index is 0.731. The summed E-state index contributed by atoms with van der Waals surface area (Å²) in [6.45, 7) is 8.31. The Hall–Kier alpha value is -0.940. The Labute approximate surface area is 147 Å². The van der Waals surface area contributed by atoms with Crippen molar-refractivity contribution in [1.29, 1.82) is 0 Å². The standard InChI is InChI=1S/C20H33N3O/c21-9-7-18-4-3-5-19(16-18)17-23-10-2-1-6-20(23)8-11-22-12-14-24-15-13-22/h3-5,16,20H,1-2,6-15,17,21H2/t20-/m1/s1. The highest BCUT2D eigenvalue weighted by Gasteiger charge is 2.23. The van der Waals surface area contributed by atoms with Crippen LogP contribution in [-0.4, -0.2) is 61.8 Å². The summed E-state index contributed by atoms with van der Waals surface area (Å²) >= 11 is 0. The lowest BCUT2D eigenvalue weighted by Crippen LogP contribution is -2.43. The zero-order valence-electron chi connectivity index (χ0n) is 15.0. The van der Waals surface area contributed by atoms with Crippen LogP contribution in [-0.2, 0) is 17.7 Å². The lowest BCUT2D eigenvalue weighted by Gasteiger charge is -2.37. The van der Waals surface area contributed by atoms with Gasteiger partial charge in [0.2, 0.25) is 0 Å². The smallest absolute Gasteiger partial charge is 0.0594 e. The van der Waals surface area contributed by atoms with Crippen LogP contribution < -0.4 is 5.73 Å². The number of hydrogen-bond donors (Lipinski definition) is 1. The summed E-state index contributed by atoms with van der Waals surface area (Å²) in [5.41, 5.74) is 8.52. The van der Waals surface area contributed by atoms with Gasteiger partial charge in [0.15, 0.2) is 0 Å². The van der Waals surface area contributed by atoms with Crippen LogP contribution in [0.25, 0.3) is 0 Å². The van der Waals surface area contributed by atoms with Crippen LogP contribution in [0.3, 0.4) is 0 Å². The molecule has 0 aliphatic carbocycles. The van der Waals surface area contributed by atoms with Crippen molar-refractivity contribution < 1.29 is 4.74 Å². The van der Waals surface area contributed by atoms with Crippen molar-refractivity contribution in [3.05, 3.63) is 35.4 Å². The lowest BCUT2D eigenvalue weighted by atomic mass is 9.97. The van der Waals surface area contributed by atoms with Crippen molar-refractivity contribution in [2.75, 3.05) is 45.9 Å². The fourth-order valence-electron chi connectivity index (χ4n) is 4.04. The van der Waals surface area contributed by atoms with Crippen molar-refractivity contribution in [3.63, 3.8) is 0 Å². The molecule has 2 aliphatic rings. The molecule has 0 amide bonds. The van der Waals surface area contributed by atoms with Gasteiger partial charge in [0.25, 0.3) is 0 Å². The van der Waals surface area contributed by atoms with Crippen LogP contribution in [0.4, 0.5) is 0 Å².